The number of anilines is 1. The van der Waals surface area contributed by atoms with Crippen molar-refractivity contribution in [1.82, 2.24) is 19.7 Å². The lowest BCUT2D eigenvalue weighted by Gasteiger charge is -2.17. The molecule has 0 radical (unpaired) electrons. The zero-order valence-corrected chi connectivity index (χ0v) is 12.2. The van der Waals surface area contributed by atoms with Gasteiger partial charge in [-0.05, 0) is 19.1 Å². The van der Waals surface area contributed by atoms with Crippen molar-refractivity contribution in [3.63, 3.8) is 0 Å². The van der Waals surface area contributed by atoms with Gasteiger partial charge in [0.2, 0.25) is 0 Å². The van der Waals surface area contributed by atoms with E-state index in [2.05, 4.69) is 15.4 Å². The molecule has 0 bridgehead atoms. The SMILES string of the molecule is CNc1cc(C(=O)N(C)Cc2cnn(C)c2)cc(C)n1. The Labute approximate surface area is 118 Å². The van der Waals surface area contributed by atoms with Crippen LogP contribution in [0.4, 0.5) is 5.82 Å². The molecule has 0 aliphatic carbocycles. The molecule has 2 heterocycles. The molecule has 1 N–H and O–H groups in total. The predicted molar refractivity (Wildman–Crippen MR) is 77.5 cm³/mol. The molecule has 106 valence electrons. The molecule has 0 atom stereocenters. The maximum Gasteiger partial charge on any atom is 0.254 e. The summed E-state index contributed by atoms with van der Waals surface area (Å²) in [7, 11) is 5.43. The first-order valence-electron chi connectivity index (χ1n) is 6.39. The van der Waals surface area contributed by atoms with Crippen molar-refractivity contribution in [1.29, 1.82) is 0 Å². The molecule has 0 saturated heterocycles. The van der Waals surface area contributed by atoms with Crippen molar-refractivity contribution in [2.75, 3.05) is 19.4 Å². The first kappa shape index (κ1) is 14.0. The molecule has 0 unspecified atom stereocenters. The van der Waals surface area contributed by atoms with E-state index in [1.165, 1.54) is 0 Å². The van der Waals surface area contributed by atoms with Crippen molar-refractivity contribution < 1.29 is 4.79 Å². The van der Waals surface area contributed by atoms with Gasteiger partial charge >= 0.3 is 0 Å². The number of rotatable bonds is 4. The second kappa shape index (κ2) is 5.73. The third kappa shape index (κ3) is 3.14. The quantitative estimate of drug-likeness (QED) is 0.915. The summed E-state index contributed by atoms with van der Waals surface area (Å²) in [5.41, 5.74) is 2.45. The first-order chi connectivity index (χ1) is 9.49. The number of hydrogen-bond acceptors (Lipinski definition) is 4. The largest absolute Gasteiger partial charge is 0.373 e. The van der Waals surface area contributed by atoms with Crippen molar-refractivity contribution in [2.24, 2.45) is 7.05 Å². The topological polar surface area (TPSA) is 63.1 Å². The van der Waals surface area contributed by atoms with Crippen LogP contribution >= 0.6 is 0 Å². The Morgan fingerprint density at radius 2 is 2.20 bits per heavy atom. The van der Waals surface area contributed by atoms with Gasteiger partial charge < -0.3 is 10.2 Å². The third-order valence-corrected chi connectivity index (χ3v) is 2.98. The number of carbonyl (C=O) groups excluding carboxylic acids is 1. The number of carbonyl (C=O) groups is 1. The van der Waals surface area contributed by atoms with Crippen LogP contribution in [0.25, 0.3) is 0 Å². The van der Waals surface area contributed by atoms with Gasteiger partial charge in [-0.1, -0.05) is 0 Å². The van der Waals surface area contributed by atoms with E-state index in [-0.39, 0.29) is 5.91 Å². The average Bonchev–Trinajstić information content (AvgIpc) is 2.82. The fraction of sp³-hybridized carbons (Fsp3) is 0.357. The Morgan fingerprint density at radius 1 is 1.45 bits per heavy atom. The summed E-state index contributed by atoms with van der Waals surface area (Å²) in [6, 6.07) is 3.55. The first-order valence-corrected chi connectivity index (χ1v) is 6.39. The van der Waals surface area contributed by atoms with Crippen LogP contribution in [0.1, 0.15) is 21.6 Å². The highest BCUT2D eigenvalue weighted by Crippen LogP contribution is 2.13. The van der Waals surface area contributed by atoms with Gasteiger partial charge in [0.25, 0.3) is 5.91 Å². The summed E-state index contributed by atoms with van der Waals surface area (Å²) in [4.78, 5) is 18.4. The molecule has 0 spiro atoms. The highest BCUT2D eigenvalue weighted by molar-refractivity contribution is 5.94. The number of nitrogens with one attached hydrogen (secondary N) is 1. The highest BCUT2D eigenvalue weighted by atomic mass is 16.2. The van der Waals surface area contributed by atoms with E-state index in [1.54, 1.807) is 42.0 Å². The molecule has 0 saturated carbocycles. The number of aryl methyl sites for hydroxylation is 2. The van der Waals surface area contributed by atoms with E-state index < -0.39 is 0 Å². The van der Waals surface area contributed by atoms with Crippen LogP contribution in [0.5, 0.6) is 0 Å². The molecule has 6 heteroatoms. The lowest BCUT2D eigenvalue weighted by atomic mass is 10.2. The predicted octanol–water partition coefficient (Wildman–Crippen LogP) is 1.44. The van der Waals surface area contributed by atoms with Gasteiger partial charge in [-0.2, -0.15) is 5.10 Å². The van der Waals surface area contributed by atoms with Gasteiger partial charge in [0.1, 0.15) is 5.82 Å². The Bertz CT molecular complexity index is 620. The summed E-state index contributed by atoms with van der Waals surface area (Å²) >= 11 is 0. The van der Waals surface area contributed by atoms with E-state index in [4.69, 9.17) is 0 Å². The zero-order chi connectivity index (χ0) is 14.7. The smallest absolute Gasteiger partial charge is 0.254 e. The monoisotopic (exact) mass is 273 g/mol. The summed E-state index contributed by atoms with van der Waals surface area (Å²) in [5.74, 6) is 0.666. The number of pyridine rings is 1. The molecule has 0 aliphatic heterocycles. The number of hydrogen-bond donors (Lipinski definition) is 1. The van der Waals surface area contributed by atoms with Crippen molar-refractivity contribution in [2.45, 2.75) is 13.5 Å². The molecular weight excluding hydrogens is 254 g/mol. The van der Waals surface area contributed by atoms with Crippen LogP contribution in [0.3, 0.4) is 0 Å². The molecule has 2 aromatic rings. The van der Waals surface area contributed by atoms with Crippen LogP contribution < -0.4 is 5.32 Å². The Kier molecular flexibility index (Phi) is 4.02. The second-order valence-corrected chi connectivity index (χ2v) is 4.82. The molecule has 6 nitrogen and oxygen atoms in total. The van der Waals surface area contributed by atoms with E-state index in [9.17, 15) is 4.79 Å². The van der Waals surface area contributed by atoms with E-state index in [0.29, 0.717) is 17.9 Å². The maximum atomic E-state index is 12.4. The lowest BCUT2D eigenvalue weighted by molar-refractivity contribution is 0.0785. The number of amides is 1. The van der Waals surface area contributed by atoms with Gasteiger partial charge in [0.05, 0.1) is 6.20 Å². The molecule has 20 heavy (non-hydrogen) atoms. The second-order valence-electron chi connectivity index (χ2n) is 4.82. The van der Waals surface area contributed by atoms with Crippen molar-refractivity contribution in [3.8, 4) is 0 Å². The van der Waals surface area contributed by atoms with E-state index >= 15 is 0 Å². The Balaban J connectivity index is 2.15. The number of nitrogens with zero attached hydrogens (tertiary/aromatic N) is 4. The summed E-state index contributed by atoms with van der Waals surface area (Å²) < 4.78 is 1.73. The summed E-state index contributed by atoms with van der Waals surface area (Å²) in [5, 5.41) is 7.06. The standard InChI is InChI=1S/C14H19N5O/c1-10-5-12(6-13(15-2)17-10)14(20)18(3)8-11-7-16-19(4)9-11/h5-7,9H,8H2,1-4H3,(H,15,17). The molecule has 0 aromatic carbocycles. The normalized spacial score (nSPS) is 10.4. The van der Waals surface area contributed by atoms with Crippen LogP contribution in [0.2, 0.25) is 0 Å². The average molecular weight is 273 g/mol. The minimum atomic E-state index is -0.0316. The molecule has 0 fully saturated rings. The number of aromatic nitrogens is 3. The molecular formula is C14H19N5O. The van der Waals surface area contributed by atoms with E-state index in [1.807, 2.05) is 20.2 Å². The third-order valence-electron chi connectivity index (χ3n) is 2.98. The Hall–Kier alpha value is -2.37. The van der Waals surface area contributed by atoms with Crippen LogP contribution in [-0.2, 0) is 13.6 Å². The van der Waals surface area contributed by atoms with Gasteiger partial charge in [-0.25, -0.2) is 4.98 Å². The lowest BCUT2D eigenvalue weighted by Crippen LogP contribution is -2.26. The van der Waals surface area contributed by atoms with E-state index in [0.717, 1.165) is 11.3 Å². The maximum absolute atomic E-state index is 12.4. The van der Waals surface area contributed by atoms with Crippen molar-refractivity contribution >= 4 is 11.7 Å². The fourth-order valence-electron chi connectivity index (χ4n) is 2.04. The van der Waals surface area contributed by atoms with Gasteiger partial charge in [0.15, 0.2) is 0 Å². The molecule has 2 rings (SSSR count). The molecule has 0 aliphatic rings. The van der Waals surface area contributed by atoms with Gasteiger partial charge in [0, 0.05) is 50.7 Å². The Morgan fingerprint density at radius 3 is 2.80 bits per heavy atom. The fourth-order valence-corrected chi connectivity index (χ4v) is 2.04. The summed E-state index contributed by atoms with van der Waals surface area (Å²) in [6.07, 6.45) is 3.67. The van der Waals surface area contributed by atoms with Crippen molar-refractivity contribution in [3.05, 3.63) is 41.3 Å². The minimum absolute atomic E-state index is 0.0316. The van der Waals surface area contributed by atoms with Crippen LogP contribution in [0, 0.1) is 6.92 Å². The minimum Gasteiger partial charge on any atom is -0.373 e. The molecule has 2 aromatic heterocycles. The summed E-state index contributed by atoms with van der Waals surface area (Å²) in [6.45, 7) is 2.40. The van der Waals surface area contributed by atoms with Gasteiger partial charge in [-0.15, -0.1) is 0 Å². The van der Waals surface area contributed by atoms with Gasteiger partial charge in [-0.3, -0.25) is 9.48 Å². The van der Waals surface area contributed by atoms with Crippen LogP contribution in [0.15, 0.2) is 24.5 Å². The zero-order valence-electron chi connectivity index (χ0n) is 12.2. The molecule has 1 amide bonds. The highest BCUT2D eigenvalue weighted by Gasteiger charge is 2.14. The van der Waals surface area contributed by atoms with Crippen LogP contribution in [-0.4, -0.2) is 39.7 Å².